The number of nitrogens with one attached hydrogen (secondary N) is 1. The van der Waals surface area contributed by atoms with Gasteiger partial charge in [-0.2, -0.15) is 0 Å². The van der Waals surface area contributed by atoms with Crippen molar-refractivity contribution in [2.45, 2.75) is 32.9 Å². The van der Waals surface area contributed by atoms with Crippen molar-refractivity contribution in [3.63, 3.8) is 0 Å². The van der Waals surface area contributed by atoms with Crippen molar-refractivity contribution in [1.29, 1.82) is 0 Å². The Balaban J connectivity index is 2.56. The lowest BCUT2D eigenvalue weighted by Gasteiger charge is -2.23. The van der Waals surface area contributed by atoms with Crippen LogP contribution in [0.1, 0.15) is 19.5 Å². The minimum absolute atomic E-state index is 0.265. The molecule has 0 spiro atoms. The van der Waals surface area contributed by atoms with Crippen molar-refractivity contribution >= 4 is 23.4 Å². The smallest absolute Gasteiger partial charge is 0.179 e. The zero-order chi connectivity index (χ0) is 12.6. The molecule has 0 atom stereocenters. The van der Waals surface area contributed by atoms with E-state index >= 15 is 0 Å². The van der Waals surface area contributed by atoms with Crippen LogP contribution in [0.2, 0.25) is 0 Å². The Labute approximate surface area is 106 Å². The number of aromatic nitrogens is 3. The molecule has 2 aromatic heterocycles. The van der Waals surface area contributed by atoms with Crippen LogP contribution in [0.4, 0.5) is 0 Å². The van der Waals surface area contributed by atoms with Gasteiger partial charge in [-0.15, -0.1) is 0 Å². The molecule has 0 aromatic carbocycles. The van der Waals surface area contributed by atoms with E-state index in [0.717, 1.165) is 16.9 Å². The summed E-state index contributed by atoms with van der Waals surface area (Å²) in [6, 6.07) is 3.98. The lowest BCUT2D eigenvalue weighted by atomic mass is 10.1. The number of imidazole rings is 1. The number of methoxy groups -OCH3 is 1. The van der Waals surface area contributed by atoms with Gasteiger partial charge in [0.15, 0.2) is 10.4 Å². The molecule has 0 aliphatic carbocycles. The Morgan fingerprint density at radius 3 is 2.82 bits per heavy atom. The molecule has 17 heavy (non-hydrogen) atoms. The largest absolute Gasteiger partial charge is 0.377 e. The Kier molecular flexibility index (Phi) is 3.05. The van der Waals surface area contributed by atoms with Crippen molar-refractivity contribution in [3.05, 3.63) is 22.6 Å². The van der Waals surface area contributed by atoms with Crippen LogP contribution >= 0.6 is 12.2 Å². The van der Waals surface area contributed by atoms with E-state index in [9.17, 15) is 0 Å². The Bertz CT molecular complexity index is 597. The average Bonchev–Trinajstić information content (AvgIpc) is 2.56. The van der Waals surface area contributed by atoms with E-state index in [0.29, 0.717) is 11.3 Å². The highest BCUT2D eigenvalue weighted by atomic mass is 32.1. The number of nitrogens with zero attached hydrogens (tertiary/aromatic N) is 2. The summed E-state index contributed by atoms with van der Waals surface area (Å²) in [4.78, 5) is 7.69. The van der Waals surface area contributed by atoms with Gasteiger partial charge in [-0.05, 0) is 45.1 Å². The second kappa shape index (κ2) is 4.23. The third-order valence-corrected chi connectivity index (χ3v) is 3.17. The number of aryl methyl sites for hydroxylation is 1. The van der Waals surface area contributed by atoms with Crippen LogP contribution in [0.15, 0.2) is 12.1 Å². The fraction of sp³-hybridized carbons (Fsp3) is 0.500. The molecule has 2 heterocycles. The van der Waals surface area contributed by atoms with E-state index in [2.05, 4.69) is 9.97 Å². The van der Waals surface area contributed by atoms with Gasteiger partial charge < -0.3 is 9.72 Å². The number of rotatable bonds is 3. The zero-order valence-electron chi connectivity index (χ0n) is 10.6. The van der Waals surface area contributed by atoms with Gasteiger partial charge in [0.1, 0.15) is 0 Å². The van der Waals surface area contributed by atoms with Crippen LogP contribution in [0.5, 0.6) is 0 Å². The number of aromatic amines is 1. The van der Waals surface area contributed by atoms with Crippen LogP contribution in [0.3, 0.4) is 0 Å². The van der Waals surface area contributed by atoms with Crippen molar-refractivity contribution in [3.8, 4) is 0 Å². The second-order valence-corrected chi connectivity index (χ2v) is 5.19. The van der Waals surface area contributed by atoms with E-state index in [4.69, 9.17) is 17.0 Å². The number of ether oxygens (including phenoxy) is 1. The first-order chi connectivity index (χ1) is 7.93. The fourth-order valence-corrected chi connectivity index (χ4v) is 1.98. The Hall–Kier alpha value is -1.20. The number of hydrogen-bond acceptors (Lipinski definition) is 3. The SMILES string of the molecule is COC(C)(C)Cn1c(=S)[nH]c2ccc(C)nc21. The number of fused-ring (bicyclic) bond motifs is 1. The highest BCUT2D eigenvalue weighted by Crippen LogP contribution is 2.17. The molecule has 0 aliphatic heterocycles. The molecule has 5 heteroatoms. The van der Waals surface area contributed by atoms with Crippen molar-refractivity contribution < 1.29 is 4.74 Å². The summed E-state index contributed by atoms with van der Waals surface area (Å²) in [6.45, 7) is 6.72. The molecule has 1 N–H and O–H groups in total. The molecule has 0 saturated carbocycles. The highest BCUT2D eigenvalue weighted by molar-refractivity contribution is 7.71. The van der Waals surface area contributed by atoms with Gasteiger partial charge in [0.2, 0.25) is 0 Å². The van der Waals surface area contributed by atoms with Gasteiger partial charge in [-0.1, -0.05) is 0 Å². The van der Waals surface area contributed by atoms with Crippen molar-refractivity contribution in [2.75, 3.05) is 7.11 Å². The molecule has 0 aliphatic rings. The van der Waals surface area contributed by atoms with E-state index in [1.54, 1.807) is 7.11 Å². The molecule has 2 rings (SSSR count). The van der Waals surface area contributed by atoms with Crippen LogP contribution in [-0.2, 0) is 11.3 Å². The van der Waals surface area contributed by atoms with Crippen LogP contribution in [-0.4, -0.2) is 27.2 Å². The molecular formula is C12H17N3OS. The summed E-state index contributed by atoms with van der Waals surface area (Å²) in [5, 5.41) is 0. The molecule has 0 radical (unpaired) electrons. The summed E-state index contributed by atoms with van der Waals surface area (Å²) >= 11 is 5.32. The second-order valence-electron chi connectivity index (χ2n) is 4.80. The third-order valence-electron chi connectivity index (χ3n) is 2.85. The molecule has 2 aromatic rings. The van der Waals surface area contributed by atoms with Crippen LogP contribution in [0.25, 0.3) is 11.2 Å². The molecule has 0 amide bonds. The summed E-state index contributed by atoms with van der Waals surface area (Å²) in [6.07, 6.45) is 0. The standard InChI is InChI=1S/C12H17N3OS/c1-8-5-6-9-10(13-8)15(11(17)14-9)7-12(2,3)16-4/h5-6H,7H2,1-4H3,(H,14,17). The highest BCUT2D eigenvalue weighted by Gasteiger charge is 2.19. The maximum Gasteiger partial charge on any atom is 0.179 e. The van der Waals surface area contributed by atoms with Crippen LogP contribution < -0.4 is 0 Å². The predicted octanol–water partition coefficient (Wildman–Crippen LogP) is 2.83. The van der Waals surface area contributed by atoms with Crippen LogP contribution in [0, 0.1) is 11.7 Å². The molecule has 4 nitrogen and oxygen atoms in total. The first-order valence-electron chi connectivity index (χ1n) is 5.54. The van der Waals surface area contributed by atoms with Gasteiger partial charge in [0.05, 0.1) is 17.7 Å². The molecule has 0 bridgehead atoms. The predicted molar refractivity (Wildman–Crippen MR) is 70.7 cm³/mol. The molecule has 92 valence electrons. The quantitative estimate of drug-likeness (QED) is 0.853. The first kappa shape index (κ1) is 12.3. The molecule has 0 fully saturated rings. The first-order valence-corrected chi connectivity index (χ1v) is 5.95. The van der Waals surface area contributed by atoms with E-state index in [1.165, 1.54) is 0 Å². The molecule has 0 unspecified atom stereocenters. The maximum atomic E-state index is 5.44. The van der Waals surface area contributed by atoms with Gasteiger partial charge in [-0.3, -0.25) is 4.57 Å². The summed E-state index contributed by atoms with van der Waals surface area (Å²) in [5.41, 5.74) is 2.57. The molecular weight excluding hydrogens is 234 g/mol. The third kappa shape index (κ3) is 2.40. The number of H-pyrrole nitrogens is 1. The van der Waals surface area contributed by atoms with E-state index in [1.807, 2.05) is 37.5 Å². The monoisotopic (exact) mass is 251 g/mol. The van der Waals surface area contributed by atoms with Gasteiger partial charge in [-0.25, -0.2) is 4.98 Å². The van der Waals surface area contributed by atoms with Crippen molar-refractivity contribution in [2.24, 2.45) is 0 Å². The number of hydrogen-bond donors (Lipinski definition) is 1. The van der Waals surface area contributed by atoms with Crippen molar-refractivity contribution in [1.82, 2.24) is 14.5 Å². The van der Waals surface area contributed by atoms with E-state index < -0.39 is 0 Å². The fourth-order valence-electron chi connectivity index (χ4n) is 1.72. The normalized spacial score (nSPS) is 12.2. The summed E-state index contributed by atoms with van der Waals surface area (Å²) in [7, 11) is 1.71. The summed E-state index contributed by atoms with van der Waals surface area (Å²) in [5.74, 6) is 0. The topological polar surface area (TPSA) is 42.8 Å². The van der Waals surface area contributed by atoms with Gasteiger partial charge in [0, 0.05) is 12.8 Å². The summed E-state index contributed by atoms with van der Waals surface area (Å²) < 4.78 is 8.11. The Morgan fingerprint density at radius 2 is 2.18 bits per heavy atom. The van der Waals surface area contributed by atoms with Gasteiger partial charge in [0.25, 0.3) is 0 Å². The Morgan fingerprint density at radius 1 is 1.47 bits per heavy atom. The molecule has 0 saturated heterocycles. The zero-order valence-corrected chi connectivity index (χ0v) is 11.4. The minimum Gasteiger partial charge on any atom is -0.377 e. The minimum atomic E-state index is -0.265. The lowest BCUT2D eigenvalue weighted by Crippen LogP contribution is -2.29. The number of pyridine rings is 1. The van der Waals surface area contributed by atoms with E-state index in [-0.39, 0.29) is 5.60 Å². The van der Waals surface area contributed by atoms with Gasteiger partial charge >= 0.3 is 0 Å². The lowest BCUT2D eigenvalue weighted by molar-refractivity contribution is 0.00861. The average molecular weight is 251 g/mol. The maximum absolute atomic E-state index is 5.44.